The molecular formula is C19H24N2O3S2. The molecule has 2 aromatic carbocycles. The lowest BCUT2D eigenvalue weighted by molar-refractivity contribution is -0.115. The molecular weight excluding hydrogens is 368 g/mol. The molecule has 0 aliphatic rings. The summed E-state index contributed by atoms with van der Waals surface area (Å²) in [5.74, 6) is -0.130. The first-order chi connectivity index (χ1) is 12.2. The highest BCUT2D eigenvalue weighted by atomic mass is 32.2. The van der Waals surface area contributed by atoms with Crippen molar-refractivity contribution < 1.29 is 13.2 Å². The van der Waals surface area contributed by atoms with Gasteiger partial charge < -0.3 is 5.32 Å². The molecule has 0 aromatic heterocycles. The van der Waals surface area contributed by atoms with Gasteiger partial charge in [0.05, 0.1) is 10.1 Å². The quantitative estimate of drug-likeness (QED) is 0.703. The fraction of sp³-hybridized carbons (Fsp3) is 0.316. The third-order valence-electron chi connectivity index (χ3n) is 3.59. The van der Waals surface area contributed by atoms with E-state index in [4.69, 9.17) is 0 Å². The van der Waals surface area contributed by atoms with Crippen LogP contribution in [0.2, 0.25) is 0 Å². The van der Waals surface area contributed by atoms with Crippen LogP contribution >= 0.6 is 11.8 Å². The summed E-state index contributed by atoms with van der Waals surface area (Å²) < 4.78 is 26.8. The first-order valence-electron chi connectivity index (χ1n) is 8.34. The van der Waals surface area contributed by atoms with Gasteiger partial charge in [0.15, 0.2) is 0 Å². The molecule has 26 heavy (non-hydrogen) atoms. The second-order valence-corrected chi connectivity index (χ2v) is 9.41. The van der Waals surface area contributed by atoms with Gasteiger partial charge in [-0.05, 0) is 63.6 Å². The Morgan fingerprint density at radius 1 is 1.00 bits per heavy atom. The Morgan fingerprint density at radius 3 is 2.19 bits per heavy atom. The zero-order valence-corrected chi connectivity index (χ0v) is 16.9. The van der Waals surface area contributed by atoms with Crippen molar-refractivity contribution in [3.63, 3.8) is 0 Å². The number of nitrogens with one attached hydrogen (secondary N) is 2. The number of hydrogen-bond acceptors (Lipinski definition) is 4. The Morgan fingerprint density at radius 2 is 1.62 bits per heavy atom. The van der Waals surface area contributed by atoms with Gasteiger partial charge in [-0.25, -0.2) is 13.1 Å². The maximum absolute atomic E-state index is 12.4. The van der Waals surface area contributed by atoms with Gasteiger partial charge in [-0.3, -0.25) is 4.79 Å². The summed E-state index contributed by atoms with van der Waals surface area (Å²) in [7, 11) is -3.53. The van der Waals surface area contributed by atoms with Gasteiger partial charge in [-0.15, -0.1) is 11.8 Å². The van der Waals surface area contributed by atoms with Crippen molar-refractivity contribution in [1.29, 1.82) is 0 Å². The lowest BCUT2D eigenvalue weighted by Gasteiger charge is -2.14. The van der Waals surface area contributed by atoms with Crippen LogP contribution in [0, 0.1) is 6.92 Å². The highest BCUT2D eigenvalue weighted by Gasteiger charge is 2.17. The summed E-state index contributed by atoms with van der Waals surface area (Å²) in [6.45, 7) is 7.38. The summed E-state index contributed by atoms with van der Waals surface area (Å²) in [6.07, 6.45) is 0. The Labute approximate surface area is 159 Å². The predicted octanol–water partition coefficient (Wildman–Crippen LogP) is 3.80. The van der Waals surface area contributed by atoms with Crippen LogP contribution in [0.1, 0.15) is 26.3 Å². The van der Waals surface area contributed by atoms with E-state index < -0.39 is 10.0 Å². The number of amides is 1. The second-order valence-electron chi connectivity index (χ2n) is 6.32. The van der Waals surface area contributed by atoms with Gasteiger partial charge in [-0.2, -0.15) is 0 Å². The van der Waals surface area contributed by atoms with Gasteiger partial charge in [0.2, 0.25) is 15.9 Å². The number of carbonyl (C=O) groups excluding carboxylic acids is 1. The van der Waals surface area contributed by atoms with Crippen LogP contribution in [-0.4, -0.2) is 25.6 Å². The molecule has 1 amide bonds. The molecule has 0 saturated heterocycles. The van der Waals surface area contributed by atoms with Crippen molar-refractivity contribution in [2.45, 2.75) is 48.8 Å². The van der Waals surface area contributed by atoms with E-state index >= 15 is 0 Å². The van der Waals surface area contributed by atoms with Gasteiger partial charge in [0.25, 0.3) is 0 Å². The van der Waals surface area contributed by atoms with Gasteiger partial charge in [0, 0.05) is 16.6 Å². The number of aryl methyl sites for hydroxylation is 1. The second kappa shape index (κ2) is 8.70. The van der Waals surface area contributed by atoms with E-state index in [2.05, 4.69) is 10.0 Å². The molecule has 0 fully saturated rings. The molecule has 0 bridgehead atoms. The van der Waals surface area contributed by atoms with Crippen molar-refractivity contribution in [2.75, 3.05) is 5.32 Å². The average Bonchev–Trinajstić information content (AvgIpc) is 2.56. The number of sulfonamides is 1. The van der Waals surface area contributed by atoms with Crippen molar-refractivity contribution >= 4 is 33.4 Å². The highest BCUT2D eigenvalue weighted by Crippen LogP contribution is 2.27. The molecule has 1 unspecified atom stereocenters. The van der Waals surface area contributed by atoms with Crippen LogP contribution in [-0.2, 0) is 14.8 Å². The Balaban J connectivity index is 2.02. The van der Waals surface area contributed by atoms with E-state index in [-0.39, 0.29) is 22.1 Å². The lowest BCUT2D eigenvalue weighted by Crippen LogP contribution is -2.30. The zero-order chi connectivity index (χ0) is 19.3. The molecule has 0 radical (unpaired) electrons. The van der Waals surface area contributed by atoms with Crippen LogP contribution < -0.4 is 10.0 Å². The zero-order valence-electron chi connectivity index (χ0n) is 15.3. The third kappa shape index (κ3) is 5.59. The monoisotopic (exact) mass is 392 g/mol. The smallest absolute Gasteiger partial charge is 0.240 e. The topological polar surface area (TPSA) is 75.3 Å². The minimum atomic E-state index is -3.53. The predicted molar refractivity (Wildman–Crippen MR) is 107 cm³/mol. The number of rotatable bonds is 7. The summed E-state index contributed by atoms with van der Waals surface area (Å²) in [4.78, 5) is 13.6. The summed E-state index contributed by atoms with van der Waals surface area (Å²) in [5.41, 5.74) is 1.69. The molecule has 0 aliphatic carbocycles. The van der Waals surface area contributed by atoms with E-state index in [0.29, 0.717) is 5.69 Å². The number of anilines is 1. The largest absolute Gasteiger partial charge is 0.325 e. The molecule has 2 rings (SSSR count). The van der Waals surface area contributed by atoms with Crippen LogP contribution in [0.4, 0.5) is 5.69 Å². The van der Waals surface area contributed by atoms with E-state index in [1.54, 1.807) is 26.0 Å². The fourth-order valence-corrected chi connectivity index (χ4v) is 4.48. The van der Waals surface area contributed by atoms with E-state index in [1.807, 2.05) is 38.1 Å². The SMILES string of the molecule is Cc1ccccc1SC(C)C(=O)Nc1ccc(S(=O)(=O)NC(C)C)cc1. The Kier molecular flexibility index (Phi) is 6.86. The van der Waals surface area contributed by atoms with Crippen molar-refractivity contribution in [1.82, 2.24) is 4.72 Å². The maximum Gasteiger partial charge on any atom is 0.240 e. The molecule has 0 heterocycles. The van der Waals surface area contributed by atoms with Gasteiger partial charge in [-0.1, -0.05) is 18.2 Å². The van der Waals surface area contributed by atoms with Gasteiger partial charge >= 0.3 is 0 Å². The van der Waals surface area contributed by atoms with E-state index in [1.165, 1.54) is 23.9 Å². The molecule has 0 aliphatic heterocycles. The Bertz CT molecular complexity index is 863. The van der Waals surface area contributed by atoms with Gasteiger partial charge in [0.1, 0.15) is 0 Å². The fourth-order valence-electron chi connectivity index (χ4n) is 2.27. The van der Waals surface area contributed by atoms with Crippen LogP contribution in [0.15, 0.2) is 58.3 Å². The molecule has 1 atom stereocenters. The van der Waals surface area contributed by atoms with Crippen molar-refractivity contribution in [3.8, 4) is 0 Å². The molecule has 2 aromatic rings. The standard InChI is InChI=1S/C19H24N2O3S2/c1-13(2)21-26(23,24)17-11-9-16(10-12-17)20-19(22)15(4)25-18-8-6-5-7-14(18)3/h5-13,15,21H,1-4H3,(H,20,22). The number of carbonyl (C=O) groups is 1. The van der Waals surface area contributed by atoms with Crippen LogP contribution in [0.5, 0.6) is 0 Å². The number of thioether (sulfide) groups is 1. The summed E-state index contributed by atoms with van der Waals surface area (Å²) in [5, 5.41) is 2.55. The molecule has 5 nitrogen and oxygen atoms in total. The summed E-state index contributed by atoms with van der Waals surface area (Å²) >= 11 is 1.49. The maximum atomic E-state index is 12.4. The summed E-state index contributed by atoms with van der Waals surface area (Å²) in [6, 6.07) is 13.9. The molecule has 0 saturated carbocycles. The van der Waals surface area contributed by atoms with Crippen molar-refractivity contribution in [3.05, 3.63) is 54.1 Å². The number of hydrogen-bond donors (Lipinski definition) is 2. The molecule has 140 valence electrons. The first-order valence-corrected chi connectivity index (χ1v) is 10.7. The normalized spacial score (nSPS) is 12.8. The highest BCUT2D eigenvalue weighted by molar-refractivity contribution is 8.00. The minimum Gasteiger partial charge on any atom is -0.325 e. The van der Waals surface area contributed by atoms with Crippen LogP contribution in [0.25, 0.3) is 0 Å². The molecule has 0 spiro atoms. The first kappa shape index (κ1) is 20.5. The lowest BCUT2D eigenvalue weighted by atomic mass is 10.2. The number of benzene rings is 2. The third-order valence-corrected chi connectivity index (χ3v) is 6.54. The molecule has 2 N–H and O–H groups in total. The molecule has 7 heteroatoms. The van der Waals surface area contributed by atoms with Crippen LogP contribution in [0.3, 0.4) is 0 Å². The van der Waals surface area contributed by atoms with Crippen molar-refractivity contribution in [2.24, 2.45) is 0 Å². The van der Waals surface area contributed by atoms with E-state index in [9.17, 15) is 13.2 Å². The Hall–Kier alpha value is -1.83. The minimum absolute atomic E-state index is 0.130. The van der Waals surface area contributed by atoms with E-state index in [0.717, 1.165) is 10.5 Å². The average molecular weight is 393 g/mol.